The zero-order chi connectivity index (χ0) is 27.6. The maximum atomic E-state index is 15.5. The predicted octanol–water partition coefficient (Wildman–Crippen LogP) is 5.14. The van der Waals surface area contributed by atoms with Crippen molar-refractivity contribution in [2.24, 2.45) is 0 Å². The van der Waals surface area contributed by atoms with Gasteiger partial charge in [0.05, 0.1) is 11.9 Å². The van der Waals surface area contributed by atoms with Gasteiger partial charge in [0.2, 0.25) is 0 Å². The average molecular weight is 539 g/mol. The molecule has 2 aromatic heterocycles. The molecule has 0 spiro atoms. The van der Waals surface area contributed by atoms with Crippen molar-refractivity contribution in [2.75, 3.05) is 45.5 Å². The third-order valence-electron chi connectivity index (χ3n) is 7.78. The summed E-state index contributed by atoms with van der Waals surface area (Å²) >= 11 is 0. The van der Waals surface area contributed by atoms with Crippen molar-refractivity contribution < 1.29 is 18.6 Å². The Kier molecular flexibility index (Phi) is 8.16. The molecule has 0 bridgehead atoms. The largest absolute Gasteiger partial charge is 0.467 e. The summed E-state index contributed by atoms with van der Waals surface area (Å²) in [6.07, 6.45) is 7.47. The second kappa shape index (κ2) is 11.6. The number of hydrogen-bond acceptors (Lipinski definition) is 8. The molecule has 0 N–H and O–H groups in total. The van der Waals surface area contributed by atoms with E-state index in [0.29, 0.717) is 40.8 Å². The van der Waals surface area contributed by atoms with Crippen molar-refractivity contribution in [3.63, 3.8) is 0 Å². The van der Waals surface area contributed by atoms with Crippen LogP contribution in [0.15, 0.2) is 36.7 Å². The van der Waals surface area contributed by atoms with Gasteiger partial charge in [-0.2, -0.15) is 5.10 Å². The number of aromatic nitrogens is 4. The molecule has 210 valence electrons. The van der Waals surface area contributed by atoms with Crippen LogP contribution in [0.1, 0.15) is 52.7 Å². The van der Waals surface area contributed by atoms with Gasteiger partial charge in [0, 0.05) is 61.3 Å². The third kappa shape index (κ3) is 6.08. The Morgan fingerprint density at radius 1 is 1.13 bits per heavy atom. The lowest BCUT2D eigenvalue weighted by molar-refractivity contribution is -0.0394. The van der Waals surface area contributed by atoms with Gasteiger partial charge in [-0.15, -0.1) is 10.2 Å². The minimum Gasteiger partial charge on any atom is -0.467 e. The van der Waals surface area contributed by atoms with Crippen molar-refractivity contribution in [3.05, 3.63) is 42.5 Å². The molecule has 0 amide bonds. The van der Waals surface area contributed by atoms with Crippen LogP contribution in [0, 0.1) is 5.82 Å². The van der Waals surface area contributed by atoms with Crippen LogP contribution < -0.4 is 9.64 Å². The van der Waals surface area contributed by atoms with Gasteiger partial charge in [-0.1, -0.05) is 0 Å². The second-order valence-electron chi connectivity index (χ2n) is 11.4. The Bertz CT molecular complexity index is 1250. The highest BCUT2D eigenvalue weighted by Crippen LogP contribution is 2.37. The average Bonchev–Trinajstić information content (AvgIpc) is 3.63. The number of nitrogens with zero attached hydrogens (tertiary/aromatic N) is 6. The van der Waals surface area contributed by atoms with Gasteiger partial charge in [-0.25, -0.2) is 9.07 Å². The third-order valence-corrected chi connectivity index (χ3v) is 7.78. The summed E-state index contributed by atoms with van der Waals surface area (Å²) in [5.74, 6) is 0.889. The molecule has 2 unspecified atom stereocenters. The molecule has 5 rings (SSSR count). The van der Waals surface area contributed by atoms with Crippen molar-refractivity contribution in [2.45, 2.75) is 64.3 Å². The van der Waals surface area contributed by atoms with Crippen LogP contribution in [0.4, 0.5) is 10.2 Å². The topological polar surface area (TPSA) is 77.8 Å². The Morgan fingerprint density at radius 3 is 2.67 bits per heavy atom. The molecule has 2 atom stereocenters. The number of methoxy groups -OCH3 is 1. The first kappa shape index (κ1) is 27.5. The van der Waals surface area contributed by atoms with Crippen molar-refractivity contribution in [1.82, 2.24) is 24.9 Å². The van der Waals surface area contributed by atoms with E-state index in [0.717, 1.165) is 44.6 Å². The van der Waals surface area contributed by atoms with E-state index in [1.165, 1.54) is 6.07 Å². The molecule has 2 aliphatic rings. The standard InChI is InChI=1S/C29H39FN6O3/c1-29(2,3)34(4)21-11-12-35(18-21)27-10-9-25(32-33-27)23-14-24(30)22(15-26(23)39-19-37-5)20-16-31-36(17-20)28-8-6-7-13-38-28/h9-10,14-17,21,28H,6-8,11-13,18-19H2,1-5H3. The van der Waals surface area contributed by atoms with E-state index in [-0.39, 0.29) is 18.6 Å². The van der Waals surface area contributed by atoms with E-state index in [2.05, 4.69) is 52.9 Å². The summed E-state index contributed by atoms with van der Waals surface area (Å²) in [6.45, 7) is 9.25. The van der Waals surface area contributed by atoms with Crippen LogP contribution in [-0.4, -0.2) is 77.1 Å². The van der Waals surface area contributed by atoms with E-state index in [4.69, 9.17) is 14.2 Å². The molecular formula is C29H39FN6O3. The highest BCUT2D eigenvalue weighted by Gasteiger charge is 2.32. The first-order valence-electron chi connectivity index (χ1n) is 13.7. The smallest absolute Gasteiger partial charge is 0.188 e. The zero-order valence-corrected chi connectivity index (χ0v) is 23.6. The van der Waals surface area contributed by atoms with Crippen LogP contribution in [0.3, 0.4) is 0 Å². The molecule has 0 saturated carbocycles. The SMILES string of the molecule is COCOc1cc(-c2cnn(C3CCCCO3)c2)c(F)cc1-c1ccc(N2CCC(N(C)C(C)(C)C)C2)nn1. The van der Waals surface area contributed by atoms with Gasteiger partial charge in [-0.05, 0) is 77.8 Å². The number of likely N-dealkylation sites (N-methyl/N-ethyl adjacent to an activating group) is 1. The minimum atomic E-state index is -0.391. The lowest BCUT2D eigenvalue weighted by atomic mass is 10.0. The number of rotatable bonds is 8. The quantitative estimate of drug-likeness (QED) is 0.365. The van der Waals surface area contributed by atoms with Crippen LogP contribution in [0.5, 0.6) is 5.75 Å². The van der Waals surface area contributed by atoms with Crippen molar-refractivity contribution >= 4 is 5.82 Å². The van der Waals surface area contributed by atoms with Gasteiger partial charge in [0.1, 0.15) is 17.8 Å². The maximum Gasteiger partial charge on any atom is 0.188 e. The van der Waals surface area contributed by atoms with E-state index in [1.54, 1.807) is 24.1 Å². The van der Waals surface area contributed by atoms with E-state index in [1.807, 2.05) is 18.3 Å². The molecule has 0 aliphatic carbocycles. The number of ether oxygens (including phenoxy) is 3. The Labute approximate surface area is 229 Å². The molecule has 4 heterocycles. The molecule has 2 saturated heterocycles. The van der Waals surface area contributed by atoms with Crippen LogP contribution in [0.25, 0.3) is 22.4 Å². The fraction of sp³-hybridized carbons (Fsp3) is 0.552. The lowest BCUT2D eigenvalue weighted by Gasteiger charge is -2.36. The van der Waals surface area contributed by atoms with Crippen LogP contribution in [0.2, 0.25) is 0 Å². The number of hydrogen-bond donors (Lipinski definition) is 0. The number of halogens is 1. The van der Waals surface area contributed by atoms with E-state index in [9.17, 15) is 0 Å². The molecule has 39 heavy (non-hydrogen) atoms. The molecule has 2 fully saturated rings. The number of benzene rings is 1. The van der Waals surface area contributed by atoms with E-state index >= 15 is 4.39 Å². The molecule has 3 aromatic rings. The van der Waals surface area contributed by atoms with Crippen molar-refractivity contribution in [1.29, 1.82) is 0 Å². The lowest BCUT2D eigenvalue weighted by Crippen LogP contribution is -2.46. The fourth-order valence-corrected chi connectivity index (χ4v) is 5.23. The molecule has 2 aliphatic heterocycles. The normalized spacial score (nSPS) is 20.1. The van der Waals surface area contributed by atoms with Gasteiger partial charge in [-0.3, -0.25) is 4.90 Å². The highest BCUT2D eigenvalue weighted by molar-refractivity contribution is 5.75. The second-order valence-corrected chi connectivity index (χ2v) is 11.4. The first-order valence-corrected chi connectivity index (χ1v) is 13.7. The summed E-state index contributed by atoms with van der Waals surface area (Å²) in [6, 6.07) is 7.40. The van der Waals surface area contributed by atoms with Crippen LogP contribution in [-0.2, 0) is 9.47 Å². The summed E-state index contributed by atoms with van der Waals surface area (Å²) in [5, 5.41) is 13.4. The predicted molar refractivity (Wildman–Crippen MR) is 148 cm³/mol. The Hall–Kier alpha value is -3.08. The molecule has 10 heteroatoms. The molecule has 1 aromatic carbocycles. The first-order chi connectivity index (χ1) is 18.7. The molecule has 0 radical (unpaired) electrons. The summed E-state index contributed by atoms with van der Waals surface area (Å²) in [5.41, 5.74) is 2.20. The van der Waals surface area contributed by atoms with Gasteiger partial charge < -0.3 is 19.1 Å². The Balaban J connectivity index is 1.38. The Morgan fingerprint density at radius 2 is 1.97 bits per heavy atom. The summed E-state index contributed by atoms with van der Waals surface area (Å²) < 4.78 is 34.1. The monoisotopic (exact) mass is 538 g/mol. The zero-order valence-electron chi connectivity index (χ0n) is 23.6. The van der Waals surface area contributed by atoms with Gasteiger partial charge >= 0.3 is 0 Å². The maximum absolute atomic E-state index is 15.5. The minimum absolute atomic E-state index is 0.0230. The number of anilines is 1. The summed E-state index contributed by atoms with van der Waals surface area (Å²) in [4.78, 5) is 4.67. The van der Waals surface area contributed by atoms with Crippen LogP contribution >= 0.6 is 0 Å². The van der Waals surface area contributed by atoms with Gasteiger partial charge in [0.25, 0.3) is 0 Å². The fourth-order valence-electron chi connectivity index (χ4n) is 5.23. The highest BCUT2D eigenvalue weighted by atomic mass is 19.1. The molecular weight excluding hydrogens is 499 g/mol. The van der Waals surface area contributed by atoms with Crippen molar-refractivity contribution in [3.8, 4) is 28.1 Å². The molecule has 9 nitrogen and oxygen atoms in total. The van der Waals surface area contributed by atoms with Gasteiger partial charge in [0.15, 0.2) is 12.6 Å². The van der Waals surface area contributed by atoms with E-state index < -0.39 is 5.82 Å². The summed E-state index contributed by atoms with van der Waals surface area (Å²) in [7, 11) is 3.73.